The van der Waals surface area contributed by atoms with Gasteiger partial charge in [-0.25, -0.2) is 0 Å². The Hall–Kier alpha value is -2.01. The molecule has 4 nitrogen and oxygen atoms in total. The Bertz CT molecular complexity index is 656. The van der Waals surface area contributed by atoms with Gasteiger partial charge in [0.05, 0.1) is 18.4 Å². The van der Waals surface area contributed by atoms with Crippen molar-refractivity contribution in [3.63, 3.8) is 0 Å². The summed E-state index contributed by atoms with van der Waals surface area (Å²) in [5.74, 6) is 0.329. The van der Waals surface area contributed by atoms with Gasteiger partial charge in [0.1, 0.15) is 5.75 Å². The number of rotatable bonds is 3. The van der Waals surface area contributed by atoms with Crippen molar-refractivity contribution in [2.45, 2.75) is 6.92 Å². The molecule has 0 radical (unpaired) electrons. The molecule has 5 heteroatoms. The van der Waals surface area contributed by atoms with Crippen LogP contribution in [-0.4, -0.2) is 13.0 Å². The van der Waals surface area contributed by atoms with Gasteiger partial charge in [-0.2, -0.15) is 0 Å². The van der Waals surface area contributed by atoms with E-state index in [0.717, 1.165) is 10.0 Å². The van der Waals surface area contributed by atoms with Crippen molar-refractivity contribution >= 4 is 33.2 Å². The zero-order valence-electron chi connectivity index (χ0n) is 11.2. The van der Waals surface area contributed by atoms with E-state index in [-0.39, 0.29) is 5.91 Å². The number of ether oxygens (including phenoxy) is 1. The van der Waals surface area contributed by atoms with Gasteiger partial charge in [0.2, 0.25) is 0 Å². The van der Waals surface area contributed by atoms with Crippen molar-refractivity contribution in [2.75, 3.05) is 18.2 Å². The van der Waals surface area contributed by atoms with Crippen LogP contribution in [0.15, 0.2) is 40.9 Å². The number of hydrogen-bond acceptors (Lipinski definition) is 3. The fraction of sp³-hybridized carbons (Fsp3) is 0.133. The molecule has 0 aliphatic rings. The van der Waals surface area contributed by atoms with Crippen molar-refractivity contribution in [3.05, 3.63) is 52.0 Å². The van der Waals surface area contributed by atoms with E-state index in [1.807, 2.05) is 19.1 Å². The molecule has 2 rings (SSSR count). The minimum Gasteiger partial charge on any atom is -0.495 e. The standard InChI is InChI=1S/C15H15BrN2O2/c1-9-3-5-12(17)11(7-9)15(19)18-13-8-10(16)4-6-14(13)20-2/h3-8H,17H2,1-2H3,(H,18,19). The zero-order valence-corrected chi connectivity index (χ0v) is 12.8. The number of nitrogens with one attached hydrogen (secondary N) is 1. The first-order valence-electron chi connectivity index (χ1n) is 6.02. The molecule has 2 aromatic rings. The second-order valence-corrected chi connectivity index (χ2v) is 5.31. The maximum atomic E-state index is 12.3. The molecule has 0 fully saturated rings. The number of aryl methyl sites for hydroxylation is 1. The first-order valence-corrected chi connectivity index (χ1v) is 6.81. The topological polar surface area (TPSA) is 64.3 Å². The Morgan fingerprint density at radius 3 is 2.70 bits per heavy atom. The van der Waals surface area contributed by atoms with Crippen LogP contribution in [0.25, 0.3) is 0 Å². The summed E-state index contributed by atoms with van der Waals surface area (Å²) in [5, 5.41) is 2.81. The normalized spacial score (nSPS) is 10.2. The average Bonchev–Trinajstić information content (AvgIpc) is 2.41. The first-order chi connectivity index (χ1) is 9.51. The third-order valence-electron chi connectivity index (χ3n) is 2.86. The van der Waals surface area contributed by atoms with Crippen LogP contribution in [0, 0.1) is 6.92 Å². The van der Waals surface area contributed by atoms with Crippen molar-refractivity contribution in [2.24, 2.45) is 0 Å². The summed E-state index contributed by atoms with van der Waals surface area (Å²) in [7, 11) is 1.56. The fourth-order valence-corrected chi connectivity index (χ4v) is 2.20. The Morgan fingerprint density at radius 1 is 1.25 bits per heavy atom. The predicted molar refractivity (Wildman–Crippen MR) is 84.2 cm³/mol. The van der Waals surface area contributed by atoms with E-state index in [9.17, 15) is 4.79 Å². The number of anilines is 2. The number of hydrogen-bond donors (Lipinski definition) is 2. The molecule has 2 aromatic carbocycles. The minimum atomic E-state index is -0.261. The molecule has 1 amide bonds. The highest BCUT2D eigenvalue weighted by atomic mass is 79.9. The first kappa shape index (κ1) is 14.4. The second-order valence-electron chi connectivity index (χ2n) is 4.39. The summed E-state index contributed by atoms with van der Waals surface area (Å²) >= 11 is 3.37. The smallest absolute Gasteiger partial charge is 0.257 e. The lowest BCUT2D eigenvalue weighted by Gasteiger charge is -2.12. The molecule has 0 saturated heterocycles. The Balaban J connectivity index is 2.32. The van der Waals surface area contributed by atoms with Gasteiger partial charge < -0.3 is 15.8 Å². The SMILES string of the molecule is COc1ccc(Br)cc1NC(=O)c1cc(C)ccc1N. The van der Waals surface area contributed by atoms with Gasteiger partial charge in [-0.3, -0.25) is 4.79 Å². The molecule has 0 spiro atoms. The molecule has 0 aromatic heterocycles. The lowest BCUT2D eigenvalue weighted by molar-refractivity contribution is 0.102. The summed E-state index contributed by atoms with van der Waals surface area (Å²) < 4.78 is 6.08. The molecule has 0 saturated carbocycles. The molecular weight excluding hydrogens is 320 g/mol. The number of amides is 1. The Morgan fingerprint density at radius 2 is 2.00 bits per heavy atom. The Labute approximate surface area is 126 Å². The number of methoxy groups -OCH3 is 1. The van der Waals surface area contributed by atoms with Crippen LogP contribution in [0.1, 0.15) is 15.9 Å². The van der Waals surface area contributed by atoms with Gasteiger partial charge in [0.25, 0.3) is 5.91 Å². The zero-order chi connectivity index (χ0) is 14.7. The van der Waals surface area contributed by atoms with Crippen molar-refractivity contribution in [1.29, 1.82) is 0 Å². The van der Waals surface area contributed by atoms with E-state index in [2.05, 4.69) is 21.2 Å². The molecule has 0 bridgehead atoms. The van der Waals surface area contributed by atoms with E-state index in [1.54, 1.807) is 31.4 Å². The maximum Gasteiger partial charge on any atom is 0.257 e. The lowest BCUT2D eigenvalue weighted by atomic mass is 10.1. The molecule has 20 heavy (non-hydrogen) atoms. The van der Waals surface area contributed by atoms with Crippen LogP contribution in [-0.2, 0) is 0 Å². The maximum absolute atomic E-state index is 12.3. The second kappa shape index (κ2) is 5.96. The molecule has 0 heterocycles. The average molecular weight is 335 g/mol. The van der Waals surface area contributed by atoms with Crippen molar-refractivity contribution < 1.29 is 9.53 Å². The van der Waals surface area contributed by atoms with Crippen LogP contribution in [0.4, 0.5) is 11.4 Å². The highest BCUT2D eigenvalue weighted by Gasteiger charge is 2.13. The quantitative estimate of drug-likeness (QED) is 0.843. The number of halogens is 1. The van der Waals surface area contributed by atoms with Crippen LogP contribution < -0.4 is 15.8 Å². The predicted octanol–water partition coefficient (Wildman–Crippen LogP) is 3.60. The largest absolute Gasteiger partial charge is 0.495 e. The van der Waals surface area contributed by atoms with Gasteiger partial charge in [-0.1, -0.05) is 27.6 Å². The number of nitrogen functional groups attached to an aromatic ring is 1. The van der Waals surface area contributed by atoms with Crippen LogP contribution in [0.3, 0.4) is 0 Å². The minimum absolute atomic E-state index is 0.261. The monoisotopic (exact) mass is 334 g/mol. The van der Waals surface area contributed by atoms with Crippen LogP contribution in [0.2, 0.25) is 0 Å². The highest BCUT2D eigenvalue weighted by molar-refractivity contribution is 9.10. The fourth-order valence-electron chi connectivity index (χ4n) is 1.83. The third-order valence-corrected chi connectivity index (χ3v) is 3.36. The van der Waals surface area contributed by atoms with E-state index in [4.69, 9.17) is 10.5 Å². The molecule has 0 atom stereocenters. The highest BCUT2D eigenvalue weighted by Crippen LogP contribution is 2.28. The van der Waals surface area contributed by atoms with Crippen molar-refractivity contribution in [1.82, 2.24) is 0 Å². The molecule has 3 N–H and O–H groups in total. The molecule has 104 valence electrons. The summed E-state index contributed by atoms with van der Waals surface area (Å²) in [6.07, 6.45) is 0. The summed E-state index contributed by atoms with van der Waals surface area (Å²) in [6, 6.07) is 10.8. The molecule has 0 unspecified atom stereocenters. The number of carbonyl (C=O) groups excluding carboxylic acids is 1. The van der Waals surface area contributed by atoms with E-state index >= 15 is 0 Å². The molecule has 0 aliphatic heterocycles. The van der Waals surface area contributed by atoms with Gasteiger partial charge >= 0.3 is 0 Å². The number of carbonyl (C=O) groups is 1. The Kier molecular flexibility index (Phi) is 4.29. The lowest BCUT2D eigenvalue weighted by Crippen LogP contribution is -2.14. The van der Waals surface area contributed by atoms with Crippen LogP contribution >= 0.6 is 15.9 Å². The van der Waals surface area contributed by atoms with Gasteiger partial charge in [-0.15, -0.1) is 0 Å². The van der Waals surface area contributed by atoms with Crippen LogP contribution in [0.5, 0.6) is 5.75 Å². The third kappa shape index (κ3) is 3.11. The van der Waals surface area contributed by atoms with Gasteiger partial charge in [0, 0.05) is 10.2 Å². The molecular formula is C15H15BrN2O2. The number of nitrogens with two attached hydrogens (primary N) is 1. The van der Waals surface area contributed by atoms with Gasteiger partial charge in [0.15, 0.2) is 0 Å². The van der Waals surface area contributed by atoms with E-state index in [1.165, 1.54) is 0 Å². The van der Waals surface area contributed by atoms with Gasteiger partial charge in [-0.05, 0) is 37.3 Å². The van der Waals surface area contributed by atoms with Crippen molar-refractivity contribution in [3.8, 4) is 5.75 Å². The van der Waals surface area contributed by atoms with E-state index in [0.29, 0.717) is 22.7 Å². The number of benzene rings is 2. The molecule has 0 aliphatic carbocycles. The van der Waals surface area contributed by atoms with E-state index < -0.39 is 0 Å². The summed E-state index contributed by atoms with van der Waals surface area (Å²) in [4.78, 5) is 12.3. The summed E-state index contributed by atoms with van der Waals surface area (Å²) in [6.45, 7) is 1.91. The summed E-state index contributed by atoms with van der Waals surface area (Å²) in [5.41, 5.74) is 8.31.